The van der Waals surface area contributed by atoms with Gasteiger partial charge in [0.2, 0.25) is 0 Å². The molecule has 2 aromatic carbocycles. The quantitative estimate of drug-likeness (QED) is 0.617. The summed E-state index contributed by atoms with van der Waals surface area (Å²) in [5.41, 5.74) is 2.64. The van der Waals surface area contributed by atoms with Gasteiger partial charge in [-0.1, -0.05) is 23.7 Å². The zero-order valence-corrected chi connectivity index (χ0v) is 17.6. The Morgan fingerprint density at radius 2 is 2.03 bits per heavy atom. The fourth-order valence-corrected chi connectivity index (χ4v) is 4.47. The van der Waals surface area contributed by atoms with Crippen molar-refractivity contribution < 1.29 is 9.13 Å². The number of ether oxygens (including phenoxy) is 1. The van der Waals surface area contributed by atoms with E-state index in [1.54, 1.807) is 4.68 Å². The van der Waals surface area contributed by atoms with E-state index in [1.807, 2.05) is 37.4 Å². The normalized spacial score (nSPS) is 17.0. The highest BCUT2D eigenvalue weighted by atomic mass is 35.5. The molecule has 0 bridgehead atoms. The van der Waals surface area contributed by atoms with Gasteiger partial charge >= 0.3 is 0 Å². The Bertz CT molecular complexity index is 1070. The Morgan fingerprint density at radius 1 is 1.30 bits per heavy atom. The fourth-order valence-electron chi connectivity index (χ4n) is 4.24. The molecule has 1 saturated heterocycles. The average Bonchev–Trinajstić information content (AvgIpc) is 3.15. The third-order valence-electron chi connectivity index (χ3n) is 5.95. The molecule has 156 valence electrons. The lowest BCUT2D eigenvalue weighted by Crippen LogP contribution is -2.43. The molecule has 1 aromatic heterocycles. The van der Waals surface area contributed by atoms with Gasteiger partial charge in [0.1, 0.15) is 12.4 Å². The molecule has 7 heteroatoms. The molecular weight excluding hydrogens is 403 g/mol. The van der Waals surface area contributed by atoms with E-state index in [9.17, 15) is 4.39 Å². The van der Waals surface area contributed by atoms with E-state index in [0.29, 0.717) is 11.6 Å². The molecule has 1 N–H and O–H groups in total. The molecule has 0 saturated carbocycles. The van der Waals surface area contributed by atoms with Crippen LogP contribution in [-0.2, 0) is 16.7 Å². The van der Waals surface area contributed by atoms with Crippen LogP contribution in [0.5, 0.6) is 0 Å². The van der Waals surface area contributed by atoms with Gasteiger partial charge in [-0.05, 0) is 62.7 Å². The molecule has 4 rings (SSSR count). The van der Waals surface area contributed by atoms with Crippen molar-refractivity contribution in [1.29, 1.82) is 5.26 Å². The van der Waals surface area contributed by atoms with Crippen LogP contribution in [0.15, 0.2) is 42.6 Å². The smallest absolute Gasteiger partial charge is 0.128 e. The molecule has 5 nitrogen and oxygen atoms in total. The van der Waals surface area contributed by atoms with Crippen LogP contribution in [0.3, 0.4) is 0 Å². The van der Waals surface area contributed by atoms with Crippen molar-refractivity contribution in [3.05, 3.63) is 64.6 Å². The standard InChI is InChI=1S/C23H24ClFN4O/c1-16(21-13-19(24)12-17-14-29(11-8-26)28-22(17)21)30-15-23(6-9-27-10-7-23)18-2-4-20(25)5-3-18/h2-5,12-14,16,27H,6-7,9-11,15H2,1H3/t16-/m1/s1. The zero-order chi connectivity index (χ0) is 21.1. The van der Waals surface area contributed by atoms with Gasteiger partial charge in [-0.3, -0.25) is 4.68 Å². The van der Waals surface area contributed by atoms with Crippen LogP contribution in [0.2, 0.25) is 5.02 Å². The van der Waals surface area contributed by atoms with Crippen molar-refractivity contribution in [2.75, 3.05) is 19.7 Å². The van der Waals surface area contributed by atoms with Crippen LogP contribution in [0.25, 0.3) is 10.9 Å². The minimum atomic E-state index is -0.233. The molecule has 1 aliphatic rings. The molecule has 0 unspecified atom stereocenters. The number of hydrogen-bond donors (Lipinski definition) is 1. The number of benzene rings is 2. The van der Waals surface area contributed by atoms with E-state index in [2.05, 4.69) is 16.5 Å². The van der Waals surface area contributed by atoms with Crippen molar-refractivity contribution in [3.8, 4) is 6.07 Å². The van der Waals surface area contributed by atoms with E-state index in [0.717, 1.165) is 48.0 Å². The summed E-state index contributed by atoms with van der Waals surface area (Å²) in [5.74, 6) is -0.230. The lowest BCUT2D eigenvalue weighted by molar-refractivity contribution is 0.0172. The predicted octanol–water partition coefficient (Wildman–Crippen LogP) is 4.75. The van der Waals surface area contributed by atoms with Crippen molar-refractivity contribution in [2.45, 2.75) is 37.8 Å². The Kier molecular flexibility index (Phi) is 6.05. The van der Waals surface area contributed by atoms with Gasteiger partial charge < -0.3 is 10.1 Å². The summed E-state index contributed by atoms with van der Waals surface area (Å²) >= 11 is 6.34. The Morgan fingerprint density at radius 3 is 2.73 bits per heavy atom. The maximum absolute atomic E-state index is 13.5. The molecule has 0 spiro atoms. The molecule has 30 heavy (non-hydrogen) atoms. The van der Waals surface area contributed by atoms with Crippen LogP contribution in [-0.4, -0.2) is 29.5 Å². The summed E-state index contributed by atoms with van der Waals surface area (Å²) in [4.78, 5) is 0. The lowest BCUT2D eigenvalue weighted by atomic mass is 9.74. The summed E-state index contributed by atoms with van der Waals surface area (Å²) in [6.45, 7) is 4.49. The van der Waals surface area contributed by atoms with Crippen molar-refractivity contribution in [2.24, 2.45) is 0 Å². The summed E-state index contributed by atoms with van der Waals surface area (Å²) in [6, 6.07) is 12.6. The maximum Gasteiger partial charge on any atom is 0.128 e. The first-order valence-electron chi connectivity index (χ1n) is 10.1. The van der Waals surface area contributed by atoms with Gasteiger partial charge in [-0.15, -0.1) is 0 Å². The van der Waals surface area contributed by atoms with Crippen molar-refractivity contribution >= 4 is 22.5 Å². The largest absolute Gasteiger partial charge is 0.373 e. The molecule has 3 aromatic rings. The van der Waals surface area contributed by atoms with E-state index in [-0.39, 0.29) is 23.9 Å². The first-order chi connectivity index (χ1) is 14.5. The molecule has 1 aliphatic heterocycles. The number of piperidine rings is 1. The highest BCUT2D eigenvalue weighted by Crippen LogP contribution is 2.37. The molecule has 0 radical (unpaired) electrons. The summed E-state index contributed by atoms with van der Waals surface area (Å²) in [5, 5.41) is 18.4. The first kappa shape index (κ1) is 20.8. The second kappa shape index (κ2) is 8.73. The summed E-state index contributed by atoms with van der Waals surface area (Å²) in [7, 11) is 0. The highest BCUT2D eigenvalue weighted by molar-refractivity contribution is 6.31. The number of rotatable bonds is 6. The minimum Gasteiger partial charge on any atom is -0.373 e. The van der Waals surface area contributed by atoms with Crippen LogP contribution in [0, 0.1) is 17.1 Å². The van der Waals surface area contributed by atoms with Crippen molar-refractivity contribution in [1.82, 2.24) is 15.1 Å². The fraction of sp³-hybridized carbons (Fsp3) is 0.391. The SMILES string of the molecule is C[C@@H](OCC1(c2ccc(F)cc2)CCNCC1)c1cc(Cl)cc2cn(CC#N)nc12. The number of nitriles is 1. The van der Waals surface area contributed by atoms with Crippen LogP contribution < -0.4 is 5.32 Å². The molecule has 1 fully saturated rings. The van der Waals surface area contributed by atoms with E-state index >= 15 is 0 Å². The lowest BCUT2D eigenvalue weighted by Gasteiger charge is -2.38. The van der Waals surface area contributed by atoms with Crippen molar-refractivity contribution in [3.63, 3.8) is 0 Å². The number of fused-ring (bicyclic) bond motifs is 1. The van der Waals surface area contributed by atoms with Crippen LogP contribution in [0.1, 0.15) is 37.0 Å². The second-order valence-electron chi connectivity index (χ2n) is 7.91. The predicted molar refractivity (Wildman–Crippen MR) is 115 cm³/mol. The van der Waals surface area contributed by atoms with Gasteiger partial charge in [-0.2, -0.15) is 10.4 Å². The van der Waals surface area contributed by atoms with Gasteiger partial charge in [-0.25, -0.2) is 4.39 Å². The Labute approximate surface area is 180 Å². The third kappa shape index (κ3) is 4.20. The molecule has 2 heterocycles. The highest BCUT2D eigenvalue weighted by Gasteiger charge is 2.35. The third-order valence-corrected chi connectivity index (χ3v) is 6.17. The molecule has 0 amide bonds. The number of nitrogens with zero attached hydrogens (tertiary/aromatic N) is 3. The van der Waals surface area contributed by atoms with E-state index in [4.69, 9.17) is 21.6 Å². The Hall–Kier alpha value is -2.46. The number of aromatic nitrogens is 2. The Balaban J connectivity index is 1.60. The average molecular weight is 427 g/mol. The maximum atomic E-state index is 13.5. The summed E-state index contributed by atoms with van der Waals surface area (Å²) in [6.07, 6.45) is 3.44. The second-order valence-corrected chi connectivity index (χ2v) is 8.34. The zero-order valence-electron chi connectivity index (χ0n) is 16.9. The minimum absolute atomic E-state index is 0.162. The van der Waals surface area contributed by atoms with Crippen LogP contribution >= 0.6 is 11.6 Å². The van der Waals surface area contributed by atoms with Crippen LogP contribution in [0.4, 0.5) is 4.39 Å². The first-order valence-corrected chi connectivity index (χ1v) is 10.5. The number of nitrogens with one attached hydrogen (secondary N) is 1. The summed E-state index contributed by atoms with van der Waals surface area (Å²) < 4.78 is 21.5. The number of hydrogen-bond acceptors (Lipinski definition) is 4. The monoisotopic (exact) mass is 426 g/mol. The molecular formula is C23H24ClFN4O. The van der Waals surface area contributed by atoms with E-state index in [1.165, 1.54) is 12.1 Å². The van der Waals surface area contributed by atoms with Gasteiger partial charge in [0.05, 0.1) is 24.3 Å². The van der Waals surface area contributed by atoms with Gasteiger partial charge in [0.25, 0.3) is 0 Å². The van der Waals surface area contributed by atoms with Gasteiger partial charge in [0, 0.05) is 27.6 Å². The topological polar surface area (TPSA) is 62.9 Å². The molecule has 0 aliphatic carbocycles. The molecule has 1 atom stereocenters. The van der Waals surface area contributed by atoms with Gasteiger partial charge in [0.15, 0.2) is 0 Å². The number of halogens is 2. The van der Waals surface area contributed by atoms with E-state index < -0.39 is 0 Å².